The van der Waals surface area contributed by atoms with Crippen LogP contribution in [0.5, 0.6) is 0 Å². The Morgan fingerprint density at radius 2 is 1.67 bits per heavy atom. The summed E-state index contributed by atoms with van der Waals surface area (Å²) >= 11 is 0. The van der Waals surface area contributed by atoms with Crippen LogP contribution in [0, 0.1) is 0 Å². The molecular formula is C21H34O3. The number of ether oxygens (including phenoxy) is 2. The maximum Gasteiger partial charge on any atom is 0.305 e. The van der Waals surface area contributed by atoms with Gasteiger partial charge in [-0.3, -0.25) is 4.79 Å². The first-order valence-electron chi connectivity index (χ1n) is 9.45. The molecule has 0 aromatic rings. The van der Waals surface area contributed by atoms with Crippen molar-refractivity contribution in [2.75, 3.05) is 7.11 Å². The Kier molecular flexibility index (Phi) is 12.1. The fourth-order valence-corrected chi connectivity index (χ4v) is 2.59. The van der Waals surface area contributed by atoms with Gasteiger partial charge in [-0.25, -0.2) is 0 Å². The molecule has 0 aromatic carbocycles. The number of rotatable bonds is 14. The molecule has 1 heterocycles. The van der Waals surface area contributed by atoms with Crippen LogP contribution in [0.4, 0.5) is 0 Å². The molecule has 136 valence electrons. The van der Waals surface area contributed by atoms with Gasteiger partial charge >= 0.3 is 5.97 Å². The Morgan fingerprint density at radius 3 is 2.38 bits per heavy atom. The smallest absolute Gasteiger partial charge is 0.305 e. The minimum Gasteiger partial charge on any atom is -0.469 e. The van der Waals surface area contributed by atoms with E-state index in [0.717, 1.165) is 32.1 Å². The van der Waals surface area contributed by atoms with Crippen LogP contribution >= 0.6 is 0 Å². The minimum atomic E-state index is -0.130. The first kappa shape index (κ1) is 20.7. The summed E-state index contributed by atoms with van der Waals surface area (Å²) < 4.78 is 10.2. The Morgan fingerprint density at radius 1 is 0.958 bits per heavy atom. The van der Waals surface area contributed by atoms with Gasteiger partial charge in [-0.15, -0.1) is 0 Å². The molecule has 2 unspecified atom stereocenters. The van der Waals surface area contributed by atoms with Crippen molar-refractivity contribution < 1.29 is 14.3 Å². The molecule has 0 N–H and O–H groups in total. The number of hydrogen-bond donors (Lipinski definition) is 0. The van der Waals surface area contributed by atoms with E-state index in [1.165, 1.54) is 32.8 Å². The molecule has 3 nitrogen and oxygen atoms in total. The highest BCUT2D eigenvalue weighted by atomic mass is 16.6. The van der Waals surface area contributed by atoms with Gasteiger partial charge in [0.2, 0.25) is 0 Å². The molecule has 0 aliphatic carbocycles. The van der Waals surface area contributed by atoms with Gasteiger partial charge in [0.1, 0.15) is 0 Å². The van der Waals surface area contributed by atoms with Gasteiger partial charge in [0.15, 0.2) is 0 Å². The van der Waals surface area contributed by atoms with Crippen molar-refractivity contribution in [3.8, 4) is 0 Å². The average molecular weight is 335 g/mol. The number of allylic oxidation sites excluding steroid dienone is 5. The molecule has 0 amide bonds. The van der Waals surface area contributed by atoms with Gasteiger partial charge in [0, 0.05) is 6.42 Å². The second-order valence-electron chi connectivity index (χ2n) is 6.30. The zero-order valence-electron chi connectivity index (χ0n) is 15.4. The van der Waals surface area contributed by atoms with Crippen molar-refractivity contribution in [1.82, 2.24) is 0 Å². The zero-order chi connectivity index (χ0) is 17.5. The number of carbonyl (C=O) groups is 1. The van der Waals surface area contributed by atoms with Crippen LogP contribution in [0.1, 0.15) is 71.1 Å². The highest BCUT2D eigenvalue weighted by Crippen LogP contribution is 2.30. The molecule has 0 radical (unpaired) electrons. The van der Waals surface area contributed by atoms with Crippen molar-refractivity contribution in [3.05, 3.63) is 36.5 Å². The normalized spacial score (nSPS) is 20.4. The zero-order valence-corrected chi connectivity index (χ0v) is 15.4. The van der Waals surface area contributed by atoms with Crippen LogP contribution in [0.15, 0.2) is 36.5 Å². The molecule has 1 rings (SSSR count). The van der Waals surface area contributed by atoms with E-state index >= 15 is 0 Å². The Hall–Kier alpha value is -1.35. The Balaban J connectivity index is 1.92. The molecule has 0 bridgehead atoms. The Labute approximate surface area is 147 Å². The lowest BCUT2D eigenvalue weighted by Crippen LogP contribution is -2.01. The first-order chi connectivity index (χ1) is 11.8. The summed E-state index contributed by atoms with van der Waals surface area (Å²) in [6, 6.07) is 0. The van der Waals surface area contributed by atoms with E-state index in [4.69, 9.17) is 4.74 Å². The van der Waals surface area contributed by atoms with Gasteiger partial charge in [0.25, 0.3) is 0 Å². The first-order valence-corrected chi connectivity index (χ1v) is 9.45. The quantitative estimate of drug-likeness (QED) is 0.182. The average Bonchev–Trinajstić information content (AvgIpc) is 3.34. The Bertz CT molecular complexity index is 409. The van der Waals surface area contributed by atoms with Crippen LogP contribution in [0.2, 0.25) is 0 Å². The van der Waals surface area contributed by atoms with Gasteiger partial charge in [-0.2, -0.15) is 0 Å². The van der Waals surface area contributed by atoms with Crippen LogP contribution in [-0.2, 0) is 14.3 Å². The minimum absolute atomic E-state index is 0.130. The van der Waals surface area contributed by atoms with E-state index in [1.807, 2.05) is 0 Å². The lowest BCUT2D eigenvalue weighted by atomic mass is 10.1. The molecule has 1 aliphatic heterocycles. The summed E-state index contributed by atoms with van der Waals surface area (Å²) in [5.74, 6) is -0.130. The fourth-order valence-electron chi connectivity index (χ4n) is 2.59. The summed E-state index contributed by atoms with van der Waals surface area (Å²) in [6.45, 7) is 2.24. The highest BCUT2D eigenvalue weighted by Gasteiger charge is 2.36. The van der Waals surface area contributed by atoms with Crippen LogP contribution < -0.4 is 0 Å². The van der Waals surface area contributed by atoms with Gasteiger partial charge in [-0.05, 0) is 44.9 Å². The third-order valence-electron chi connectivity index (χ3n) is 4.17. The maximum atomic E-state index is 11.0. The third kappa shape index (κ3) is 11.2. The van der Waals surface area contributed by atoms with E-state index in [9.17, 15) is 4.79 Å². The van der Waals surface area contributed by atoms with Crippen LogP contribution in [0.25, 0.3) is 0 Å². The summed E-state index contributed by atoms with van der Waals surface area (Å²) in [4.78, 5) is 11.0. The maximum absolute atomic E-state index is 11.0. The number of hydrogen-bond acceptors (Lipinski definition) is 3. The lowest BCUT2D eigenvalue weighted by molar-refractivity contribution is -0.140. The number of methoxy groups -OCH3 is 1. The molecular weight excluding hydrogens is 300 g/mol. The lowest BCUT2D eigenvalue weighted by Gasteiger charge is -1.96. The third-order valence-corrected chi connectivity index (χ3v) is 4.17. The number of esters is 1. The number of unbranched alkanes of at least 4 members (excludes halogenated alkanes) is 3. The van der Waals surface area contributed by atoms with Gasteiger partial charge < -0.3 is 9.47 Å². The van der Waals surface area contributed by atoms with Crippen LogP contribution in [0.3, 0.4) is 0 Å². The van der Waals surface area contributed by atoms with Crippen molar-refractivity contribution in [1.29, 1.82) is 0 Å². The van der Waals surface area contributed by atoms with Gasteiger partial charge in [-0.1, -0.05) is 56.2 Å². The molecule has 24 heavy (non-hydrogen) atoms. The molecule has 1 saturated heterocycles. The summed E-state index contributed by atoms with van der Waals surface area (Å²) in [5.41, 5.74) is 0. The van der Waals surface area contributed by atoms with E-state index in [2.05, 4.69) is 48.1 Å². The SMILES string of the molecule is CCCCCC=CCC=CCC=CCC1OC1CCCC(=O)OC. The molecule has 0 saturated carbocycles. The summed E-state index contributed by atoms with van der Waals surface area (Å²) in [7, 11) is 1.43. The second-order valence-corrected chi connectivity index (χ2v) is 6.30. The molecule has 0 spiro atoms. The van der Waals surface area contributed by atoms with Crippen molar-refractivity contribution >= 4 is 5.97 Å². The number of carbonyl (C=O) groups excluding carboxylic acids is 1. The largest absolute Gasteiger partial charge is 0.469 e. The van der Waals surface area contributed by atoms with E-state index in [1.54, 1.807) is 0 Å². The molecule has 0 aromatic heterocycles. The van der Waals surface area contributed by atoms with E-state index in [-0.39, 0.29) is 5.97 Å². The monoisotopic (exact) mass is 334 g/mol. The fraction of sp³-hybridized carbons (Fsp3) is 0.667. The van der Waals surface area contributed by atoms with Crippen molar-refractivity contribution in [3.63, 3.8) is 0 Å². The molecule has 2 atom stereocenters. The highest BCUT2D eigenvalue weighted by molar-refractivity contribution is 5.68. The summed E-state index contributed by atoms with van der Waals surface area (Å²) in [6.07, 6.45) is 24.6. The number of epoxide rings is 1. The van der Waals surface area contributed by atoms with Crippen LogP contribution in [-0.4, -0.2) is 25.3 Å². The second kappa shape index (κ2) is 14.0. The predicted molar refractivity (Wildman–Crippen MR) is 99.9 cm³/mol. The summed E-state index contributed by atoms with van der Waals surface area (Å²) in [5, 5.41) is 0. The van der Waals surface area contributed by atoms with E-state index < -0.39 is 0 Å². The van der Waals surface area contributed by atoms with E-state index in [0.29, 0.717) is 18.6 Å². The van der Waals surface area contributed by atoms with Crippen molar-refractivity contribution in [2.45, 2.75) is 83.3 Å². The standard InChI is InChI=1S/C21H34O3/c1-3-4-5-6-7-8-9-10-11-12-13-14-16-19-20(24-19)17-15-18-21(22)23-2/h7-8,10-11,13-14,19-20H,3-6,9,12,15-18H2,1-2H3. The van der Waals surface area contributed by atoms with Crippen molar-refractivity contribution in [2.24, 2.45) is 0 Å². The molecule has 1 aliphatic rings. The molecule has 1 fully saturated rings. The molecule has 3 heteroatoms. The topological polar surface area (TPSA) is 38.8 Å². The predicted octanol–water partition coefficient (Wildman–Crippen LogP) is 5.52. The van der Waals surface area contributed by atoms with Gasteiger partial charge in [0.05, 0.1) is 19.3 Å².